The molecule has 1 aromatic carbocycles. The van der Waals surface area contributed by atoms with Gasteiger partial charge in [0.2, 0.25) is 5.91 Å². The van der Waals surface area contributed by atoms with Crippen molar-refractivity contribution < 1.29 is 14.3 Å². The summed E-state index contributed by atoms with van der Waals surface area (Å²) in [6, 6.07) is 5.83. The van der Waals surface area contributed by atoms with Crippen molar-refractivity contribution >= 4 is 29.3 Å². The highest BCUT2D eigenvalue weighted by Crippen LogP contribution is 2.17. The van der Waals surface area contributed by atoms with E-state index in [0.717, 1.165) is 11.3 Å². The monoisotopic (exact) mass is 295 g/mol. The largest absolute Gasteiger partial charge is 0.469 e. The number of benzene rings is 1. The molecule has 0 spiro atoms. The minimum Gasteiger partial charge on any atom is -0.469 e. The van der Waals surface area contributed by atoms with Gasteiger partial charge in [0.05, 0.1) is 19.3 Å². The Morgan fingerprint density at radius 3 is 2.60 bits per heavy atom. The summed E-state index contributed by atoms with van der Waals surface area (Å²) in [4.78, 5) is 22.9. The lowest BCUT2D eigenvalue weighted by Crippen LogP contribution is -2.17. The van der Waals surface area contributed by atoms with Crippen molar-refractivity contribution in [3.8, 4) is 0 Å². The summed E-state index contributed by atoms with van der Waals surface area (Å²) >= 11 is 1.44. The van der Waals surface area contributed by atoms with Crippen molar-refractivity contribution in [2.75, 3.05) is 18.2 Å². The summed E-state index contributed by atoms with van der Waals surface area (Å²) in [6.07, 6.45) is 0.318. The number of esters is 1. The zero-order chi connectivity index (χ0) is 15.1. The van der Waals surface area contributed by atoms with Gasteiger partial charge in [-0.15, -0.1) is 11.8 Å². The number of hydrogen-bond donors (Lipinski definition) is 1. The maximum Gasteiger partial charge on any atom is 0.306 e. The predicted octanol–water partition coefficient (Wildman–Crippen LogP) is 2.93. The summed E-state index contributed by atoms with van der Waals surface area (Å²) in [5.41, 5.74) is 3.15. The third kappa shape index (κ3) is 5.65. The zero-order valence-corrected chi connectivity index (χ0v) is 13.2. The minimum absolute atomic E-state index is 0.0602. The number of amides is 1. The molecule has 110 valence electrons. The molecular weight excluding hydrogens is 274 g/mol. The van der Waals surface area contributed by atoms with E-state index in [0.29, 0.717) is 12.2 Å². The molecule has 0 saturated carbocycles. The molecule has 0 aliphatic carbocycles. The van der Waals surface area contributed by atoms with Crippen molar-refractivity contribution in [1.29, 1.82) is 0 Å². The first kappa shape index (κ1) is 16.6. The van der Waals surface area contributed by atoms with E-state index in [9.17, 15) is 9.59 Å². The van der Waals surface area contributed by atoms with Gasteiger partial charge in [0.1, 0.15) is 0 Å². The maximum atomic E-state index is 11.8. The minimum atomic E-state index is -0.250. The topological polar surface area (TPSA) is 55.4 Å². The van der Waals surface area contributed by atoms with Crippen LogP contribution in [0.25, 0.3) is 0 Å². The number of carbonyl (C=O) groups excluding carboxylic acids is 2. The molecule has 0 aromatic heterocycles. The summed E-state index contributed by atoms with van der Waals surface area (Å²) < 4.78 is 4.59. The van der Waals surface area contributed by atoms with Gasteiger partial charge >= 0.3 is 5.97 Å². The van der Waals surface area contributed by atoms with Crippen LogP contribution in [0.5, 0.6) is 0 Å². The maximum absolute atomic E-state index is 11.8. The number of nitrogens with one attached hydrogen (secondary N) is 1. The molecule has 0 aliphatic heterocycles. The number of thioether (sulfide) groups is 1. The second-order valence-electron chi connectivity index (χ2n) is 4.75. The number of rotatable bonds is 6. The third-order valence-corrected chi connectivity index (χ3v) is 4.14. The molecule has 0 aliphatic rings. The Balaban J connectivity index is 2.40. The molecule has 1 atom stereocenters. The highest BCUT2D eigenvalue weighted by Gasteiger charge is 2.12. The van der Waals surface area contributed by atoms with E-state index in [4.69, 9.17) is 0 Å². The molecular formula is C15H21NO3S. The molecule has 4 nitrogen and oxygen atoms in total. The van der Waals surface area contributed by atoms with Crippen LogP contribution in [-0.2, 0) is 14.3 Å². The van der Waals surface area contributed by atoms with Crippen molar-refractivity contribution in [1.82, 2.24) is 0 Å². The second-order valence-corrected chi connectivity index (χ2v) is 6.18. The van der Waals surface area contributed by atoms with E-state index < -0.39 is 0 Å². The van der Waals surface area contributed by atoms with Gasteiger partial charge in [0.15, 0.2) is 0 Å². The number of methoxy groups -OCH3 is 1. The summed E-state index contributed by atoms with van der Waals surface area (Å²) in [5.74, 6) is 0.0139. The van der Waals surface area contributed by atoms with Crippen LogP contribution in [0.15, 0.2) is 18.2 Å². The molecule has 0 heterocycles. The summed E-state index contributed by atoms with van der Waals surface area (Å²) in [5, 5.41) is 2.92. The van der Waals surface area contributed by atoms with E-state index in [1.54, 1.807) is 0 Å². The average molecular weight is 295 g/mol. The van der Waals surface area contributed by atoms with Crippen LogP contribution in [0.2, 0.25) is 0 Å². The van der Waals surface area contributed by atoms with E-state index in [1.807, 2.05) is 39.0 Å². The average Bonchev–Trinajstić information content (AvgIpc) is 2.40. The third-order valence-electron chi connectivity index (χ3n) is 2.97. The Morgan fingerprint density at radius 1 is 1.30 bits per heavy atom. The van der Waals surface area contributed by atoms with E-state index >= 15 is 0 Å². The standard InChI is InChI=1S/C15H21NO3S/c1-10-5-6-13(7-11(10)2)16-14(17)9-20-12(3)8-15(18)19-4/h5-7,12H,8-9H2,1-4H3,(H,16,17). The van der Waals surface area contributed by atoms with Gasteiger partial charge in [-0.3, -0.25) is 9.59 Å². The molecule has 20 heavy (non-hydrogen) atoms. The SMILES string of the molecule is COC(=O)CC(C)SCC(=O)Nc1ccc(C)c(C)c1. The second kappa shape index (κ2) is 7.94. The first-order chi connectivity index (χ1) is 9.42. The molecule has 1 rings (SSSR count). The first-order valence-corrected chi connectivity index (χ1v) is 7.52. The van der Waals surface area contributed by atoms with E-state index in [-0.39, 0.29) is 17.1 Å². The van der Waals surface area contributed by atoms with Crippen LogP contribution in [0.4, 0.5) is 5.69 Å². The molecule has 0 bridgehead atoms. The molecule has 0 radical (unpaired) electrons. The number of carbonyl (C=O) groups is 2. The van der Waals surface area contributed by atoms with Gasteiger partial charge in [0, 0.05) is 10.9 Å². The number of hydrogen-bond acceptors (Lipinski definition) is 4. The lowest BCUT2D eigenvalue weighted by molar-refractivity contribution is -0.140. The van der Waals surface area contributed by atoms with Gasteiger partial charge in [-0.25, -0.2) is 0 Å². The molecule has 5 heteroatoms. The van der Waals surface area contributed by atoms with Crippen molar-refractivity contribution in [3.05, 3.63) is 29.3 Å². The fourth-order valence-corrected chi connectivity index (χ4v) is 2.37. The molecule has 0 saturated heterocycles. The lowest BCUT2D eigenvalue weighted by atomic mass is 10.1. The molecule has 1 unspecified atom stereocenters. The smallest absolute Gasteiger partial charge is 0.306 e. The number of anilines is 1. The Kier molecular flexibility index (Phi) is 6.58. The molecule has 1 aromatic rings. The van der Waals surface area contributed by atoms with Crippen molar-refractivity contribution in [3.63, 3.8) is 0 Å². The van der Waals surface area contributed by atoms with Gasteiger partial charge in [-0.1, -0.05) is 13.0 Å². The Labute approximate surface area is 124 Å². The summed E-state index contributed by atoms with van der Waals surface area (Å²) in [7, 11) is 1.37. The van der Waals surface area contributed by atoms with Crippen LogP contribution in [-0.4, -0.2) is 30.0 Å². The first-order valence-electron chi connectivity index (χ1n) is 6.48. The van der Waals surface area contributed by atoms with Gasteiger partial charge in [0.25, 0.3) is 0 Å². The van der Waals surface area contributed by atoms with E-state index in [2.05, 4.69) is 10.1 Å². The fraction of sp³-hybridized carbons (Fsp3) is 0.467. The van der Waals surface area contributed by atoms with E-state index in [1.165, 1.54) is 24.4 Å². The van der Waals surface area contributed by atoms with Crippen LogP contribution < -0.4 is 5.32 Å². The van der Waals surface area contributed by atoms with Gasteiger partial charge in [-0.2, -0.15) is 0 Å². The van der Waals surface area contributed by atoms with Crippen LogP contribution in [0.3, 0.4) is 0 Å². The van der Waals surface area contributed by atoms with Crippen LogP contribution in [0, 0.1) is 13.8 Å². The highest BCUT2D eigenvalue weighted by molar-refractivity contribution is 8.00. The normalized spacial score (nSPS) is 11.8. The van der Waals surface area contributed by atoms with Crippen LogP contribution in [0.1, 0.15) is 24.5 Å². The van der Waals surface area contributed by atoms with Crippen molar-refractivity contribution in [2.45, 2.75) is 32.4 Å². The molecule has 1 amide bonds. The Bertz CT molecular complexity index is 488. The zero-order valence-electron chi connectivity index (χ0n) is 12.4. The quantitative estimate of drug-likeness (QED) is 0.820. The van der Waals surface area contributed by atoms with Gasteiger partial charge in [-0.05, 0) is 37.1 Å². The summed E-state index contributed by atoms with van der Waals surface area (Å²) in [6.45, 7) is 5.95. The predicted molar refractivity (Wildman–Crippen MR) is 83.1 cm³/mol. The van der Waals surface area contributed by atoms with Crippen molar-refractivity contribution in [2.24, 2.45) is 0 Å². The fourth-order valence-electron chi connectivity index (χ4n) is 1.61. The number of aryl methyl sites for hydroxylation is 2. The molecule has 0 fully saturated rings. The van der Waals surface area contributed by atoms with Crippen LogP contribution >= 0.6 is 11.8 Å². The number of ether oxygens (including phenoxy) is 1. The lowest BCUT2D eigenvalue weighted by Gasteiger charge is -2.11. The highest BCUT2D eigenvalue weighted by atomic mass is 32.2. The Morgan fingerprint density at radius 2 is 2.00 bits per heavy atom. The van der Waals surface area contributed by atoms with Gasteiger partial charge < -0.3 is 10.1 Å². The molecule has 1 N–H and O–H groups in total. The Hall–Kier alpha value is -1.49.